The highest BCUT2D eigenvalue weighted by Gasteiger charge is 2.25. The maximum absolute atomic E-state index is 11.2. The number of nitrogens with zero attached hydrogens (tertiary/aromatic N) is 1. The summed E-state index contributed by atoms with van der Waals surface area (Å²) in [5, 5.41) is 11.2. The minimum atomic E-state index is -1.54. The lowest BCUT2D eigenvalue weighted by atomic mass is 10.0. The highest BCUT2D eigenvalue weighted by atomic mass is 28.3. The molecule has 0 unspecified atom stereocenters. The lowest BCUT2D eigenvalue weighted by Gasteiger charge is -2.32. The number of unbranched alkanes of at least 4 members (excludes halogenated alkanes) is 3. The molecule has 0 saturated heterocycles. The Balaban J connectivity index is 2.29. The van der Waals surface area contributed by atoms with Gasteiger partial charge in [0.1, 0.15) is 8.07 Å². The van der Waals surface area contributed by atoms with E-state index in [2.05, 4.69) is 104 Å². The van der Waals surface area contributed by atoms with Crippen molar-refractivity contribution in [3.05, 3.63) is 71.8 Å². The highest BCUT2D eigenvalue weighted by molar-refractivity contribution is 6.83. The Hall–Kier alpha value is -1.86. The molecule has 0 radical (unpaired) electrons. The Bertz CT molecular complexity index is 732. The minimum absolute atomic E-state index is 0.154. The topological polar surface area (TPSA) is 23.5 Å². The Morgan fingerprint density at radius 3 is 1.83 bits per heavy atom. The average Bonchev–Trinajstić information content (AvgIpc) is 2.72. The molecule has 0 spiro atoms. The third kappa shape index (κ3) is 9.30. The van der Waals surface area contributed by atoms with E-state index in [-0.39, 0.29) is 6.04 Å². The number of benzene rings is 2. The number of hydrogen-bond acceptors (Lipinski definition) is 2. The summed E-state index contributed by atoms with van der Waals surface area (Å²) in [7, 11) is -1.54. The van der Waals surface area contributed by atoms with Crippen molar-refractivity contribution in [1.29, 1.82) is 0 Å². The van der Waals surface area contributed by atoms with Crippen LogP contribution < -0.4 is 0 Å². The van der Waals surface area contributed by atoms with Gasteiger partial charge >= 0.3 is 0 Å². The van der Waals surface area contributed by atoms with Crippen LogP contribution in [0, 0.1) is 11.5 Å². The summed E-state index contributed by atoms with van der Waals surface area (Å²) in [5.74, 6) is 3.53. The van der Waals surface area contributed by atoms with Crippen LogP contribution in [0.25, 0.3) is 0 Å². The predicted molar refractivity (Wildman–Crippen MR) is 132 cm³/mol. The van der Waals surface area contributed by atoms with E-state index >= 15 is 0 Å². The molecule has 0 aliphatic rings. The summed E-state index contributed by atoms with van der Waals surface area (Å²) < 4.78 is 0. The van der Waals surface area contributed by atoms with Crippen LogP contribution in [0.3, 0.4) is 0 Å². The zero-order chi connectivity index (χ0) is 21.8. The lowest BCUT2D eigenvalue weighted by Crippen LogP contribution is -2.42. The molecular formula is C27H39NOSi. The zero-order valence-corrected chi connectivity index (χ0v) is 20.3. The summed E-state index contributed by atoms with van der Waals surface area (Å²) in [6.45, 7) is 10.6. The smallest absolute Gasteiger partial charge is 0.129 e. The third-order valence-corrected chi connectivity index (χ3v) is 6.06. The van der Waals surface area contributed by atoms with E-state index in [0.29, 0.717) is 0 Å². The molecular weight excluding hydrogens is 382 g/mol. The first-order chi connectivity index (χ1) is 14.4. The second-order valence-electron chi connectivity index (χ2n) is 9.26. The van der Waals surface area contributed by atoms with Gasteiger partial charge in [0, 0.05) is 13.1 Å². The Morgan fingerprint density at radius 2 is 1.37 bits per heavy atom. The second-order valence-corrected chi connectivity index (χ2v) is 14.0. The molecule has 0 aliphatic heterocycles. The van der Waals surface area contributed by atoms with Crippen LogP contribution in [0.5, 0.6) is 0 Å². The van der Waals surface area contributed by atoms with Gasteiger partial charge in [-0.1, -0.05) is 119 Å². The lowest BCUT2D eigenvalue weighted by molar-refractivity contribution is 0.0615. The molecule has 0 fully saturated rings. The van der Waals surface area contributed by atoms with Gasteiger partial charge in [0.25, 0.3) is 0 Å². The molecule has 0 aromatic heterocycles. The molecule has 0 bridgehead atoms. The van der Waals surface area contributed by atoms with Gasteiger partial charge in [-0.2, -0.15) is 0 Å². The van der Waals surface area contributed by atoms with Gasteiger partial charge in [-0.15, -0.1) is 5.54 Å². The second kappa shape index (κ2) is 12.7. The van der Waals surface area contributed by atoms with E-state index in [1.165, 1.54) is 30.4 Å². The quantitative estimate of drug-likeness (QED) is 0.262. The summed E-state index contributed by atoms with van der Waals surface area (Å²) >= 11 is 0. The van der Waals surface area contributed by atoms with Gasteiger partial charge in [-0.3, -0.25) is 4.90 Å². The monoisotopic (exact) mass is 421 g/mol. The maximum atomic E-state index is 11.2. The van der Waals surface area contributed by atoms with Crippen LogP contribution in [0.1, 0.15) is 50.2 Å². The van der Waals surface area contributed by atoms with Gasteiger partial charge in [-0.25, -0.2) is 0 Å². The average molecular weight is 422 g/mol. The van der Waals surface area contributed by atoms with Crippen LogP contribution in [0.2, 0.25) is 19.6 Å². The molecule has 2 aromatic carbocycles. The van der Waals surface area contributed by atoms with E-state index in [1.807, 2.05) is 0 Å². The van der Waals surface area contributed by atoms with Gasteiger partial charge in [0.05, 0.1) is 12.1 Å². The van der Waals surface area contributed by atoms with Crippen molar-refractivity contribution in [2.24, 2.45) is 0 Å². The standard InChI is InChI=1S/C27H39NOSi/c1-5-6-7-14-19-27(29)26(20-21-30(2,3)4)28(22-24-15-10-8-11-16-24)23-25-17-12-9-13-18-25/h8-13,15-18,26-27,29H,5-7,14,19,22-23H2,1-4H3/t26-,27+/m1/s1. The van der Waals surface area contributed by atoms with Crippen molar-refractivity contribution in [3.8, 4) is 11.5 Å². The van der Waals surface area contributed by atoms with Crippen molar-refractivity contribution < 1.29 is 5.11 Å². The summed E-state index contributed by atoms with van der Waals surface area (Å²) in [5.41, 5.74) is 6.06. The van der Waals surface area contributed by atoms with Gasteiger partial charge in [0.15, 0.2) is 0 Å². The molecule has 30 heavy (non-hydrogen) atoms. The first kappa shape index (κ1) is 24.4. The SMILES string of the molecule is CCCCCC[C@H](O)[C@@H](C#C[Si](C)(C)C)N(Cc1ccccc1)Cc1ccccc1. The molecule has 2 atom stereocenters. The van der Waals surface area contributed by atoms with Gasteiger partial charge < -0.3 is 5.11 Å². The van der Waals surface area contributed by atoms with Crippen molar-refractivity contribution >= 4 is 8.07 Å². The molecule has 0 saturated carbocycles. The van der Waals surface area contributed by atoms with Crippen LogP contribution in [-0.4, -0.2) is 30.2 Å². The van der Waals surface area contributed by atoms with Crippen LogP contribution in [-0.2, 0) is 13.1 Å². The van der Waals surface area contributed by atoms with Gasteiger partial charge in [-0.05, 0) is 17.5 Å². The van der Waals surface area contributed by atoms with E-state index in [1.54, 1.807) is 0 Å². The Labute approximate surface area is 185 Å². The van der Waals surface area contributed by atoms with E-state index in [4.69, 9.17) is 0 Å². The fourth-order valence-corrected chi connectivity index (χ4v) is 4.13. The van der Waals surface area contributed by atoms with E-state index in [0.717, 1.165) is 25.9 Å². The van der Waals surface area contributed by atoms with Crippen molar-refractivity contribution in [1.82, 2.24) is 4.90 Å². The van der Waals surface area contributed by atoms with Crippen LogP contribution >= 0.6 is 0 Å². The summed E-state index contributed by atoms with van der Waals surface area (Å²) in [6, 6.07) is 20.9. The number of rotatable bonds is 11. The molecule has 1 N–H and O–H groups in total. The minimum Gasteiger partial charge on any atom is -0.390 e. The first-order valence-corrected chi connectivity index (χ1v) is 14.9. The molecule has 0 amide bonds. The van der Waals surface area contributed by atoms with E-state index < -0.39 is 14.2 Å². The zero-order valence-electron chi connectivity index (χ0n) is 19.3. The molecule has 2 rings (SSSR count). The molecule has 2 aromatic rings. The van der Waals surface area contributed by atoms with Crippen LogP contribution in [0.15, 0.2) is 60.7 Å². The summed E-state index contributed by atoms with van der Waals surface area (Å²) in [6.07, 6.45) is 5.06. The Morgan fingerprint density at radius 1 is 0.833 bits per heavy atom. The highest BCUT2D eigenvalue weighted by Crippen LogP contribution is 2.19. The van der Waals surface area contributed by atoms with Crippen LogP contribution in [0.4, 0.5) is 0 Å². The molecule has 2 nitrogen and oxygen atoms in total. The number of aliphatic hydroxyl groups is 1. The first-order valence-electron chi connectivity index (χ1n) is 11.4. The van der Waals surface area contributed by atoms with Crippen molar-refractivity contribution in [3.63, 3.8) is 0 Å². The number of aliphatic hydroxyl groups excluding tert-OH is 1. The normalized spacial score (nSPS) is 13.5. The van der Waals surface area contributed by atoms with Gasteiger partial charge in [0.2, 0.25) is 0 Å². The summed E-state index contributed by atoms with van der Waals surface area (Å²) in [4.78, 5) is 2.36. The molecule has 0 heterocycles. The number of hydrogen-bond donors (Lipinski definition) is 1. The maximum Gasteiger partial charge on any atom is 0.129 e. The third-order valence-electron chi connectivity index (χ3n) is 5.16. The molecule has 162 valence electrons. The fourth-order valence-electron chi connectivity index (χ4n) is 3.55. The largest absolute Gasteiger partial charge is 0.390 e. The molecule has 3 heteroatoms. The van der Waals surface area contributed by atoms with E-state index in [9.17, 15) is 5.11 Å². The predicted octanol–water partition coefficient (Wildman–Crippen LogP) is 6.27. The van der Waals surface area contributed by atoms with Crippen molar-refractivity contribution in [2.75, 3.05) is 0 Å². The Kier molecular flexibility index (Phi) is 10.4. The van der Waals surface area contributed by atoms with Crippen molar-refractivity contribution in [2.45, 2.75) is 83.9 Å². The fraction of sp³-hybridized carbons (Fsp3) is 0.481. The molecule has 0 aliphatic carbocycles.